The van der Waals surface area contributed by atoms with E-state index in [0.717, 1.165) is 45.5 Å². The van der Waals surface area contributed by atoms with E-state index in [2.05, 4.69) is 16.2 Å². The minimum atomic E-state index is -0.152. The molecule has 0 amide bonds. The van der Waals surface area contributed by atoms with Crippen molar-refractivity contribution in [3.8, 4) is 0 Å². The van der Waals surface area contributed by atoms with Crippen LogP contribution in [0, 0.1) is 0 Å². The van der Waals surface area contributed by atoms with Crippen molar-refractivity contribution in [2.75, 3.05) is 33.4 Å². The molecule has 1 saturated heterocycles. The molecule has 4 heteroatoms. The summed E-state index contributed by atoms with van der Waals surface area (Å²) in [7, 11) is 1.43. The summed E-state index contributed by atoms with van der Waals surface area (Å²) in [6.07, 6.45) is 5.90. The van der Waals surface area contributed by atoms with Crippen LogP contribution in [-0.4, -0.2) is 50.3 Å². The van der Waals surface area contributed by atoms with Gasteiger partial charge in [0.25, 0.3) is 0 Å². The van der Waals surface area contributed by atoms with Gasteiger partial charge in [-0.15, -0.1) is 6.58 Å². The predicted octanol–water partition coefficient (Wildman–Crippen LogP) is 1.61. The molecule has 1 unspecified atom stereocenters. The number of carbonyl (C=O) groups is 1. The van der Waals surface area contributed by atoms with Gasteiger partial charge in [-0.1, -0.05) is 6.08 Å². The molecule has 1 fully saturated rings. The lowest BCUT2D eigenvalue weighted by Crippen LogP contribution is -2.34. The van der Waals surface area contributed by atoms with E-state index in [-0.39, 0.29) is 5.97 Å². The van der Waals surface area contributed by atoms with Gasteiger partial charge in [-0.2, -0.15) is 0 Å². The molecule has 1 aliphatic heterocycles. The van der Waals surface area contributed by atoms with Gasteiger partial charge < -0.3 is 9.47 Å². The second-order valence-electron chi connectivity index (χ2n) is 4.34. The van der Waals surface area contributed by atoms with Crippen LogP contribution in [0.3, 0.4) is 0 Å². The smallest absolute Gasteiger partial charge is 0.306 e. The molecule has 1 heterocycles. The highest BCUT2D eigenvalue weighted by Gasteiger charge is 2.19. The molecular formula is C13H23NO3. The summed E-state index contributed by atoms with van der Waals surface area (Å²) in [5, 5.41) is 0. The van der Waals surface area contributed by atoms with Gasteiger partial charge in [-0.3, -0.25) is 9.69 Å². The zero-order valence-corrected chi connectivity index (χ0v) is 10.7. The number of ether oxygens (including phenoxy) is 2. The number of rotatable bonds is 8. The normalized spacial score (nSPS) is 19.5. The second-order valence-corrected chi connectivity index (χ2v) is 4.34. The molecule has 0 saturated carbocycles. The van der Waals surface area contributed by atoms with Crippen LogP contribution in [-0.2, 0) is 14.3 Å². The molecule has 0 N–H and O–H groups in total. The predicted molar refractivity (Wildman–Crippen MR) is 66.9 cm³/mol. The third-order valence-electron chi connectivity index (χ3n) is 3.00. The quantitative estimate of drug-likeness (QED) is 0.478. The van der Waals surface area contributed by atoms with E-state index < -0.39 is 0 Å². The van der Waals surface area contributed by atoms with Crippen molar-refractivity contribution < 1.29 is 14.3 Å². The van der Waals surface area contributed by atoms with Crippen LogP contribution < -0.4 is 0 Å². The summed E-state index contributed by atoms with van der Waals surface area (Å²) in [6, 6.07) is 0. The van der Waals surface area contributed by atoms with E-state index in [9.17, 15) is 4.79 Å². The van der Waals surface area contributed by atoms with E-state index in [4.69, 9.17) is 4.74 Å². The second kappa shape index (κ2) is 8.25. The zero-order valence-electron chi connectivity index (χ0n) is 10.7. The lowest BCUT2D eigenvalue weighted by atomic mass is 10.2. The molecule has 0 aromatic carbocycles. The van der Waals surface area contributed by atoms with E-state index in [0.29, 0.717) is 12.5 Å². The van der Waals surface area contributed by atoms with Crippen LogP contribution in [0.2, 0.25) is 0 Å². The number of esters is 1. The highest BCUT2D eigenvalue weighted by Crippen LogP contribution is 2.13. The molecule has 0 aliphatic carbocycles. The van der Waals surface area contributed by atoms with Crippen molar-refractivity contribution in [2.24, 2.45) is 0 Å². The standard InChI is InChI=1S/C13H23NO3/c1-3-4-8-14(9-7-13(15)16-2)11-12-6-5-10-17-12/h3,12H,1,4-11H2,2H3. The van der Waals surface area contributed by atoms with Crippen molar-refractivity contribution in [3.05, 3.63) is 12.7 Å². The summed E-state index contributed by atoms with van der Waals surface area (Å²) < 4.78 is 10.3. The maximum atomic E-state index is 11.1. The third-order valence-corrected chi connectivity index (χ3v) is 3.00. The first kappa shape index (κ1) is 14.2. The number of carbonyl (C=O) groups excluding carboxylic acids is 1. The average molecular weight is 241 g/mol. The minimum absolute atomic E-state index is 0.152. The summed E-state index contributed by atoms with van der Waals surface area (Å²) in [5.41, 5.74) is 0. The van der Waals surface area contributed by atoms with Gasteiger partial charge in [0.15, 0.2) is 0 Å². The maximum Gasteiger partial charge on any atom is 0.306 e. The van der Waals surface area contributed by atoms with Gasteiger partial charge in [0, 0.05) is 26.2 Å². The highest BCUT2D eigenvalue weighted by molar-refractivity contribution is 5.69. The summed E-state index contributed by atoms with van der Waals surface area (Å²) in [6.45, 7) is 7.17. The molecule has 1 aliphatic rings. The van der Waals surface area contributed by atoms with Crippen LogP contribution in [0.4, 0.5) is 0 Å². The Bertz CT molecular complexity index is 237. The van der Waals surface area contributed by atoms with Gasteiger partial charge >= 0.3 is 5.97 Å². The van der Waals surface area contributed by atoms with Crippen LogP contribution >= 0.6 is 0 Å². The molecule has 17 heavy (non-hydrogen) atoms. The Labute approximate surface area is 104 Å². The highest BCUT2D eigenvalue weighted by atomic mass is 16.5. The number of hydrogen-bond donors (Lipinski definition) is 0. The first-order valence-electron chi connectivity index (χ1n) is 6.28. The first-order valence-corrected chi connectivity index (χ1v) is 6.28. The van der Waals surface area contributed by atoms with Crippen LogP contribution in [0.5, 0.6) is 0 Å². The molecule has 0 aromatic heterocycles. The fourth-order valence-electron chi connectivity index (χ4n) is 2.00. The molecule has 0 aromatic rings. The van der Waals surface area contributed by atoms with Gasteiger partial charge in [0.2, 0.25) is 0 Å². The Kier molecular flexibility index (Phi) is 6.89. The van der Waals surface area contributed by atoms with E-state index in [1.165, 1.54) is 7.11 Å². The largest absolute Gasteiger partial charge is 0.469 e. The topological polar surface area (TPSA) is 38.8 Å². The number of hydrogen-bond acceptors (Lipinski definition) is 4. The summed E-state index contributed by atoms with van der Waals surface area (Å²) in [4.78, 5) is 13.4. The van der Waals surface area contributed by atoms with Gasteiger partial charge in [-0.25, -0.2) is 0 Å². The summed E-state index contributed by atoms with van der Waals surface area (Å²) >= 11 is 0. The molecule has 0 radical (unpaired) electrons. The lowest BCUT2D eigenvalue weighted by molar-refractivity contribution is -0.141. The van der Waals surface area contributed by atoms with Gasteiger partial charge in [-0.05, 0) is 19.3 Å². The third kappa shape index (κ3) is 5.84. The Balaban J connectivity index is 2.30. The molecule has 1 atom stereocenters. The van der Waals surface area contributed by atoms with Gasteiger partial charge in [0.1, 0.15) is 0 Å². The monoisotopic (exact) mass is 241 g/mol. The average Bonchev–Trinajstić information content (AvgIpc) is 2.84. The zero-order chi connectivity index (χ0) is 12.5. The van der Waals surface area contributed by atoms with Crippen LogP contribution in [0.1, 0.15) is 25.7 Å². The number of nitrogens with zero attached hydrogens (tertiary/aromatic N) is 1. The Morgan fingerprint density at radius 2 is 2.41 bits per heavy atom. The van der Waals surface area contributed by atoms with Crippen LogP contribution in [0.15, 0.2) is 12.7 Å². The first-order chi connectivity index (χ1) is 8.26. The SMILES string of the molecule is C=CCCN(CCC(=O)OC)CC1CCCO1. The lowest BCUT2D eigenvalue weighted by Gasteiger charge is -2.24. The molecule has 98 valence electrons. The molecule has 0 spiro atoms. The van der Waals surface area contributed by atoms with E-state index >= 15 is 0 Å². The van der Waals surface area contributed by atoms with Crippen molar-refractivity contribution >= 4 is 5.97 Å². The van der Waals surface area contributed by atoms with Crippen molar-refractivity contribution in [2.45, 2.75) is 31.8 Å². The minimum Gasteiger partial charge on any atom is -0.469 e. The Morgan fingerprint density at radius 1 is 1.59 bits per heavy atom. The molecule has 1 rings (SSSR count). The van der Waals surface area contributed by atoms with E-state index in [1.54, 1.807) is 0 Å². The summed E-state index contributed by atoms with van der Waals surface area (Å²) in [5.74, 6) is -0.152. The van der Waals surface area contributed by atoms with Crippen molar-refractivity contribution in [3.63, 3.8) is 0 Å². The van der Waals surface area contributed by atoms with E-state index in [1.807, 2.05) is 6.08 Å². The molecule has 4 nitrogen and oxygen atoms in total. The maximum absolute atomic E-state index is 11.1. The van der Waals surface area contributed by atoms with Crippen molar-refractivity contribution in [1.29, 1.82) is 0 Å². The van der Waals surface area contributed by atoms with Crippen molar-refractivity contribution in [1.82, 2.24) is 4.90 Å². The Morgan fingerprint density at radius 3 is 3.00 bits per heavy atom. The fourth-order valence-corrected chi connectivity index (χ4v) is 2.00. The number of methoxy groups -OCH3 is 1. The molecular weight excluding hydrogens is 218 g/mol. The Hall–Kier alpha value is -0.870. The van der Waals surface area contributed by atoms with Gasteiger partial charge in [0.05, 0.1) is 19.6 Å². The fraction of sp³-hybridized carbons (Fsp3) is 0.769. The van der Waals surface area contributed by atoms with Crippen LogP contribution in [0.25, 0.3) is 0 Å². The molecule has 0 bridgehead atoms.